The van der Waals surface area contributed by atoms with Crippen LogP contribution in [0.4, 0.5) is 11.6 Å². The van der Waals surface area contributed by atoms with Crippen molar-refractivity contribution < 1.29 is 4.74 Å². The summed E-state index contributed by atoms with van der Waals surface area (Å²) in [5.74, 6) is 3.57. The van der Waals surface area contributed by atoms with Crippen LogP contribution in [-0.4, -0.2) is 30.2 Å². The summed E-state index contributed by atoms with van der Waals surface area (Å²) >= 11 is 0. The number of aromatic nitrogens is 2. The normalized spacial score (nSPS) is 18.7. The molecule has 5 heteroatoms. The van der Waals surface area contributed by atoms with E-state index in [4.69, 9.17) is 10.5 Å². The van der Waals surface area contributed by atoms with Crippen LogP contribution in [0.25, 0.3) is 0 Å². The summed E-state index contributed by atoms with van der Waals surface area (Å²) in [6.45, 7) is 2.15. The molecule has 0 bridgehead atoms. The molecular weight excluding hydrogens is 228 g/mol. The second kappa shape index (κ2) is 4.63. The van der Waals surface area contributed by atoms with E-state index in [0.717, 1.165) is 30.7 Å². The molecule has 5 nitrogen and oxygen atoms in total. The number of hydrogen-bond acceptors (Lipinski definition) is 5. The first-order chi connectivity index (χ1) is 8.78. The van der Waals surface area contributed by atoms with E-state index in [1.54, 1.807) is 7.11 Å². The molecule has 18 heavy (non-hydrogen) atoms. The van der Waals surface area contributed by atoms with Crippen molar-refractivity contribution in [3.8, 4) is 5.75 Å². The predicted octanol–water partition coefficient (Wildman–Crippen LogP) is 1.69. The molecule has 2 fully saturated rings. The van der Waals surface area contributed by atoms with E-state index in [2.05, 4.69) is 14.9 Å². The highest BCUT2D eigenvalue weighted by Gasteiger charge is 2.31. The lowest BCUT2D eigenvalue weighted by Gasteiger charge is -2.25. The van der Waals surface area contributed by atoms with Gasteiger partial charge in [0.25, 0.3) is 0 Å². The Morgan fingerprint density at radius 1 is 1.22 bits per heavy atom. The molecule has 1 aromatic heterocycles. The third-order valence-electron chi connectivity index (χ3n) is 3.67. The molecule has 2 N–H and O–H groups in total. The Morgan fingerprint density at radius 2 is 1.83 bits per heavy atom. The van der Waals surface area contributed by atoms with Gasteiger partial charge in [0.15, 0.2) is 11.6 Å². The zero-order valence-corrected chi connectivity index (χ0v) is 10.8. The maximum atomic E-state index is 5.86. The van der Waals surface area contributed by atoms with Crippen molar-refractivity contribution in [2.45, 2.75) is 25.7 Å². The monoisotopic (exact) mass is 248 g/mol. The number of methoxy groups -OCH3 is 1. The number of anilines is 2. The van der Waals surface area contributed by atoms with Gasteiger partial charge in [-0.05, 0) is 37.5 Å². The van der Waals surface area contributed by atoms with Gasteiger partial charge in [-0.25, -0.2) is 9.97 Å². The average molecular weight is 248 g/mol. The number of nitrogen functional groups attached to an aromatic ring is 1. The maximum Gasteiger partial charge on any atom is 0.204 e. The Hall–Kier alpha value is -1.52. The first kappa shape index (κ1) is 11.6. The van der Waals surface area contributed by atoms with Crippen LogP contribution in [0.2, 0.25) is 0 Å². The van der Waals surface area contributed by atoms with Crippen LogP contribution in [0.1, 0.15) is 25.7 Å². The van der Waals surface area contributed by atoms with Gasteiger partial charge >= 0.3 is 0 Å². The summed E-state index contributed by atoms with van der Waals surface area (Å²) in [7, 11) is 1.63. The second-order valence-corrected chi connectivity index (χ2v) is 5.41. The number of nitrogens with two attached hydrogens (primary N) is 1. The van der Waals surface area contributed by atoms with Gasteiger partial charge in [0.1, 0.15) is 6.33 Å². The molecule has 0 atom stereocenters. The molecule has 1 heterocycles. The Labute approximate surface area is 107 Å². The van der Waals surface area contributed by atoms with E-state index in [9.17, 15) is 0 Å². The average Bonchev–Trinajstić information content (AvgIpc) is 3.22. The molecule has 0 aliphatic heterocycles. The molecule has 3 rings (SSSR count). The molecule has 2 aliphatic rings. The summed E-state index contributed by atoms with van der Waals surface area (Å²) in [6.07, 6.45) is 6.88. The molecule has 0 spiro atoms. The summed E-state index contributed by atoms with van der Waals surface area (Å²) < 4.78 is 5.37. The minimum atomic E-state index is 0.430. The standard InChI is InChI=1S/C13H20N4O/c1-18-11-12(14)15-8-16-13(11)17(6-9-2-3-9)7-10-4-5-10/h8-10H,2-7H2,1H3,(H2,14,15,16). The Morgan fingerprint density at radius 3 is 2.33 bits per heavy atom. The van der Waals surface area contributed by atoms with Gasteiger partial charge < -0.3 is 15.4 Å². The van der Waals surface area contributed by atoms with Crippen LogP contribution in [0.5, 0.6) is 5.75 Å². The van der Waals surface area contributed by atoms with Gasteiger partial charge in [-0.1, -0.05) is 0 Å². The van der Waals surface area contributed by atoms with Gasteiger partial charge in [-0.15, -0.1) is 0 Å². The van der Waals surface area contributed by atoms with Crippen LogP contribution in [-0.2, 0) is 0 Å². The highest BCUT2D eigenvalue weighted by molar-refractivity contribution is 5.62. The highest BCUT2D eigenvalue weighted by Crippen LogP contribution is 2.38. The molecule has 0 radical (unpaired) electrons. The number of hydrogen-bond donors (Lipinski definition) is 1. The first-order valence-electron chi connectivity index (χ1n) is 6.67. The number of ether oxygens (including phenoxy) is 1. The Balaban J connectivity index is 1.84. The second-order valence-electron chi connectivity index (χ2n) is 5.41. The van der Waals surface area contributed by atoms with E-state index in [-0.39, 0.29) is 0 Å². The molecular formula is C13H20N4O. The van der Waals surface area contributed by atoms with E-state index in [1.807, 2.05) is 0 Å². The van der Waals surface area contributed by atoms with Crippen molar-refractivity contribution in [2.75, 3.05) is 30.8 Å². The number of nitrogens with zero attached hydrogens (tertiary/aromatic N) is 3. The van der Waals surface area contributed by atoms with E-state index in [1.165, 1.54) is 32.0 Å². The fourth-order valence-electron chi connectivity index (χ4n) is 2.27. The summed E-state index contributed by atoms with van der Waals surface area (Å²) in [5, 5.41) is 0. The zero-order chi connectivity index (χ0) is 12.5. The van der Waals surface area contributed by atoms with Gasteiger partial charge in [0.2, 0.25) is 5.75 Å². The third-order valence-corrected chi connectivity index (χ3v) is 3.67. The van der Waals surface area contributed by atoms with Crippen molar-refractivity contribution in [2.24, 2.45) is 11.8 Å². The maximum absolute atomic E-state index is 5.86. The van der Waals surface area contributed by atoms with Crippen LogP contribution in [0, 0.1) is 11.8 Å². The lowest BCUT2D eigenvalue weighted by atomic mass is 10.3. The van der Waals surface area contributed by atoms with Gasteiger partial charge in [-0.3, -0.25) is 0 Å². The number of rotatable bonds is 6. The van der Waals surface area contributed by atoms with Crippen LogP contribution in [0.3, 0.4) is 0 Å². The molecule has 0 amide bonds. The lowest BCUT2D eigenvalue weighted by molar-refractivity contribution is 0.412. The fourth-order valence-corrected chi connectivity index (χ4v) is 2.27. The molecule has 2 saturated carbocycles. The predicted molar refractivity (Wildman–Crippen MR) is 70.7 cm³/mol. The minimum absolute atomic E-state index is 0.430. The van der Waals surface area contributed by atoms with E-state index >= 15 is 0 Å². The smallest absolute Gasteiger partial charge is 0.204 e. The summed E-state index contributed by atoms with van der Waals surface area (Å²) in [4.78, 5) is 10.7. The van der Waals surface area contributed by atoms with Crippen molar-refractivity contribution in [1.82, 2.24) is 9.97 Å². The van der Waals surface area contributed by atoms with Crippen LogP contribution < -0.4 is 15.4 Å². The molecule has 0 aromatic carbocycles. The minimum Gasteiger partial charge on any atom is -0.490 e. The topological polar surface area (TPSA) is 64.3 Å². The summed E-state index contributed by atoms with van der Waals surface area (Å²) in [5.41, 5.74) is 5.86. The third kappa shape index (κ3) is 2.49. The molecule has 2 aliphatic carbocycles. The van der Waals surface area contributed by atoms with Crippen LogP contribution >= 0.6 is 0 Å². The van der Waals surface area contributed by atoms with Crippen molar-refractivity contribution in [1.29, 1.82) is 0 Å². The lowest BCUT2D eigenvalue weighted by Crippen LogP contribution is -2.29. The van der Waals surface area contributed by atoms with Gasteiger partial charge in [-0.2, -0.15) is 0 Å². The first-order valence-corrected chi connectivity index (χ1v) is 6.67. The van der Waals surface area contributed by atoms with Crippen LogP contribution in [0.15, 0.2) is 6.33 Å². The van der Waals surface area contributed by atoms with E-state index < -0.39 is 0 Å². The van der Waals surface area contributed by atoms with E-state index in [0.29, 0.717) is 11.6 Å². The summed E-state index contributed by atoms with van der Waals surface area (Å²) in [6, 6.07) is 0. The molecule has 1 aromatic rings. The van der Waals surface area contributed by atoms with Gasteiger partial charge in [0.05, 0.1) is 7.11 Å². The quantitative estimate of drug-likeness (QED) is 0.830. The Bertz CT molecular complexity index is 415. The molecule has 0 unspecified atom stereocenters. The van der Waals surface area contributed by atoms with Crippen molar-refractivity contribution in [3.63, 3.8) is 0 Å². The van der Waals surface area contributed by atoms with Crippen molar-refractivity contribution in [3.05, 3.63) is 6.33 Å². The zero-order valence-electron chi connectivity index (χ0n) is 10.8. The van der Waals surface area contributed by atoms with Gasteiger partial charge in [0, 0.05) is 13.1 Å². The highest BCUT2D eigenvalue weighted by atomic mass is 16.5. The molecule has 0 saturated heterocycles. The largest absolute Gasteiger partial charge is 0.490 e. The Kier molecular flexibility index (Phi) is 2.97. The fraction of sp³-hybridized carbons (Fsp3) is 0.692. The molecule has 98 valence electrons. The van der Waals surface area contributed by atoms with Crippen molar-refractivity contribution >= 4 is 11.6 Å². The SMILES string of the molecule is COc1c(N)ncnc1N(CC1CC1)CC1CC1.